The Hall–Kier alpha value is -0.940. The average molecular weight is 417 g/mol. The van der Waals surface area contributed by atoms with E-state index in [4.69, 9.17) is 9.57 Å². The molecule has 0 spiro atoms. The van der Waals surface area contributed by atoms with Crippen molar-refractivity contribution < 1.29 is 14.4 Å². The molecular weight excluding hydrogens is 376 g/mol. The first-order chi connectivity index (χ1) is 14.5. The number of oxime groups is 1. The highest BCUT2D eigenvalue weighted by molar-refractivity contribution is 5.87. The number of carbonyl (C=O) groups is 1. The summed E-state index contributed by atoms with van der Waals surface area (Å²) in [5.74, 6) is 3.71. The van der Waals surface area contributed by atoms with Crippen molar-refractivity contribution >= 4 is 11.5 Å². The number of ketones is 1. The lowest BCUT2D eigenvalue weighted by molar-refractivity contribution is -0.149. The predicted molar refractivity (Wildman–Crippen MR) is 117 cm³/mol. The summed E-state index contributed by atoms with van der Waals surface area (Å²) in [5.41, 5.74) is 1.58. The van der Waals surface area contributed by atoms with Gasteiger partial charge in [-0.25, -0.2) is 0 Å². The minimum absolute atomic E-state index is 0.0687. The molecule has 168 valence electrons. The molecule has 1 aliphatic heterocycles. The number of ether oxygens (including phenoxy) is 1. The molecule has 30 heavy (non-hydrogen) atoms. The van der Waals surface area contributed by atoms with Gasteiger partial charge in [0.15, 0.2) is 0 Å². The first-order valence-corrected chi connectivity index (χ1v) is 12.4. The number of Topliss-reactive ketones (excluding diaryl/α,β-unsaturated/α-hetero) is 1. The summed E-state index contributed by atoms with van der Waals surface area (Å²) < 4.78 is 5.75. The molecule has 0 amide bonds. The fourth-order valence-corrected chi connectivity index (χ4v) is 8.34. The van der Waals surface area contributed by atoms with Gasteiger partial charge in [0.25, 0.3) is 0 Å². The van der Waals surface area contributed by atoms with E-state index in [1.165, 1.54) is 25.0 Å². The molecule has 5 rings (SSSR count). The largest absolute Gasteiger partial charge is 0.391 e. The van der Waals surface area contributed by atoms with Crippen molar-refractivity contribution in [3.63, 3.8) is 0 Å². The quantitative estimate of drug-likeness (QED) is 0.698. The maximum Gasteiger partial charge on any atom is 0.141 e. The SMILES string of the molecule is COCC1CC2C/C(=N\O[C@@H]3CCNC3)CC[C@]2(C)[C@@H]2CC[C@]3(C)C(=O)CC[C@H]3[C@H]12. The van der Waals surface area contributed by atoms with Crippen LogP contribution < -0.4 is 5.32 Å². The maximum absolute atomic E-state index is 12.8. The van der Waals surface area contributed by atoms with Gasteiger partial charge in [-0.3, -0.25) is 4.79 Å². The van der Waals surface area contributed by atoms with E-state index in [9.17, 15) is 4.79 Å². The minimum Gasteiger partial charge on any atom is -0.391 e. The Kier molecular flexibility index (Phi) is 5.50. The molecule has 5 heteroatoms. The smallest absolute Gasteiger partial charge is 0.141 e. The number of carbonyl (C=O) groups excluding carboxylic acids is 1. The number of nitrogens with zero attached hydrogens (tertiary/aromatic N) is 1. The van der Waals surface area contributed by atoms with Crippen LogP contribution in [0.3, 0.4) is 0 Å². The Morgan fingerprint density at radius 3 is 2.77 bits per heavy atom. The number of fused-ring (bicyclic) bond motifs is 5. The Labute approximate surface area is 181 Å². The Balaban J connectivity index is 1.37. The molecule has 2 unspecified atom stereocenters. The number of methoxy groups -OCH3 is 1. The van der Waals surface area contributed by atoms with Crippen LogP contribution in [0.4, 0.5) is 0 Å². The average Bonchev–Trinajstić information content (AvgIpc) is 3.35. The third-order valence-electron chi connectivity index (χ3n) is 10.1. The van der Waals surface area contributed by atoms with Gasteiger partial charge in [-0.05, 0) is 86.5 Å². The van der Waals surface area contributed by atoms with Gasteiger partial charge in [-0.15, -0.1) is 0 Å². The molecule has 4 saturated carbocycles. The third kappa shape index (κ3) is 3.26. The summed E-state index contributed by atoms with van der Waals surface area (Å²) in [6, 6.07) is 0. The lowest BCUT2D eigenvalue weighted by atomic mass is 9.43. The van der Waals surface area contributed by atoms with E-state index in [0.717, 1.165) is 64.1 Å². The van der Waals surface area contributed by atoms with E-state index in [1.807, 2.05) is 7.11 Å². The van der Waals surface area contributed by atoms with Gasteiger partial charge in [0.05, 0.1) is 5.71 Å². The van der Waals surface area contributed by atoms with Crippen LogP contribution in [0, 0.1) is 40.4 Å². The summed E-state index contributed by atoms with van der Waals surface area (Å²) in [6.07, 6.45) is 10.1. The van der Waals surface area contributed by atoms with E-state index in [2.05, 4.69) is 24.3 Å². The van der Waals surface area contributed by atoms with Gasteiger partial charge in [-0.2, -0.15) is 0 Å². The summed E-state index contributed by atoms with van der Waals surface area (Å²) in [4.78, 5) is 18.7. The number of hydrogen-bond donors (Lipinski definition) is 1. The van der Waals surface area contributed by atoms with E-state index >= 15 is 0 Å². The van der Waals surface area contributed by atoms with Crippen LogP contribution in [0.15, 0.2) is 5.16 Å². The zero-order valence-electron chi connectivity index (χ0n) is 19.1. The second-order valence-electron chi connectivity index (χ2n) is 11.4. The van der Waals surface area contributed by atoms with Crippen molar-refractivity contribution in [3.8, 4) is 0 Å². The van der Waals surface area contributed by atoms with Crippen molar-refractivity contribution in [1.29, 1.82) is 0 Å². The van der Waals surface area contributed by atoms with E-state index in [0.29, 0.717) is 34.9 Å². The number of nitrogens with one attached hydrogen (secondary N) is 1. The molecule has 0 aromatic carbocycles. The Morgan fingerprint density at radius 1 is 1.13 bits per heavy atom. The van der Waals surface area contributed by atoms with Crippen LogP contribution in [0.5, 0.6) is 0 Å². The monoisotopic (exact) mass is 416 g/mol. The number of rotatable bonds is 4. The van der Waals surface area contributed by atoms with Gasteiger partial charge in [0.2, 0.25) is 0 Å². The van der Waals surface area contributed by atoms with Gasteiger partial charge in [0, 0.05) is 38.5 Å². The fourth-order valence-electron chi connectivity index (χ4n) is 8.34. The van der Waals surface area contributed by atoms with Crippen molar-refractivity contribution in [2.24, 2.45) is 45.6 Å². The van der Waals surface area contributed by atoms with Crippen LogP contribution in [0.2, 0.25) is 0 Å². The molecule has 4 aliphatic carbocycles. The molecular formula is C25H40N2O3. The first-order valence-electron chi connectivity index (χ1n) is 12.4. The molecule has 1 N–H and O–H groups in total. The van der Waals surface area contributed by atoms with Gasteiger partial charge >= 0.3 is 0 Å². The Morgan fingerprint density at radius 2 is 2.00 bits per heavy atom. The summed E-state index contributed by atoms with van der Waals surface area (Å²) >= 11 is 0. The Bertz CT molecular complexity index is 703. The molecule has 5 aliphatic rings. The highest BCUT2D eigenvalue weighted by Gasteiger charge is 2.62. The summed E-state index contributed by atoms with van der Waals surface area (Å²) in [6.45, 7) is 7.65. The molecule has 0 aromatic heterocycles. The fraction of sp³-hybridized carbons (Fsp3) is 0.920. The van der Waals surface area contributed by atoms with Crippen LogP contribution in [-0.2, 0) is 14.4 Å². The topological polar surface area (TPSA) is 59.9 Å². The second kappa shape index (κ2) is 7.88. The zero-order chi connectivity index (χ0) is 20.9. The van der Waals surface area contributed by atoms with E-state index in [1.54, 1.807) is 0 Å². The van der Waals surface area contributed by atoms with Crippen molar-refractivity contribution in [2.75, 3.05) is 26.8 Å². The maximum atomic E-state index is 12.8. The van der Waals surface area contributed by atoms with Crippen LogP contribution in [0.1, 0.15) is 71.6 Å². The molecule has 1 saturated heterocycles. The minimum atomic E-state index is -0.0687. The highest BCUT2D eigenvalue weighted by atomic mass is 16.6. The van der Waals surface area contributed by atoms with Crippen molar-refractivity contribution in [2.45, 2.75) is 77.7 Å². The molecule has 5 fully saturated rings. The normalized spacial score (nSPS) is 49.6. The van der Waals surface area contributed by atoms with E-state index < -0.39 is 0 Å². The zero-order valence-corrected chi connectivity index (χ0v) is 19.1. The molecule has 0 bridgehead atoms. The lowest BCUT2D eigenvalue weighted by Crippen LogP contribution is -2.57. The second-order valence-corrected chi connectivity index (χ2v) is 11.4. The van der Waals surface area contributed by atoms with Crippen molar-refractivity contribution in [3.05, 3.63) is 0 Å². The standard InChI is InChI=1S/C25H40N2O3/c1-24-9-6-18(27-30-19-8-11-26-14-19)13-17(24)12-16(15-29-3)23-20-4-5-22(28)25(20,2)10-7-21(23)24/h16-17,19-21,23,26H,4-15H2,1-3H3/b27-18-/t16?,17?,19-,20+,21-,23+,24+,25+/m1/s1. The summed E-state index contributed by atoms with van der Waals surface area (Å²) in [5, 5.41) is 7.99. The molecule has 8 atom stereocenters. The summed E-state index contributed by atoms with van der Waals surface area (Å²) in [7, 11) is 1.85. The molecule has 0 radical (unpaired) electrons. The van der Waals surface area contributed by atoms with E-state index in [-0.39, 0.29) is 11.5 Å². The van der Waals surface area contributed by atoms with Gasteiger partial charge in [-0.1, -0.05) is 19.0 Å². The van der Waals surface area contributed by atoms with Crippen LogP contribution >= 0.6 is 0 Å². The molecule has 1 heterocycles. The highest BCUT2D eigenvalue weighted by Crippen LogP contribution is 2.66. The van der Waals surface area contributed by atoms with Crippen molar-refractivity contribution in [1.82, 2.24) is 5.32 Å². The van der Waals surface area contributed by atoms with Crippen LogP contribution in [-0.4, -0.2) is 44.4 Å². The molecule has 0 aromatic rings. The first kappa shape index (κ1) is 20.9. The third-order valence-corrected chi connectivity index (χ3v) is 10.1. The predicted octanol–water partition coefficient (Wildman–Crippen LogP) is 4.21. The number of hydrogen-bond acceptors (Lipinski definition) is 5. The molecule has 5 nitrogen and oxygen atoms in total. The lowest BCUT2D eigenvalue weighted by Gasteiger charge is -2.62. The van der Waals surface area contributed by atoms with Gasteiger partial charge in [0.1, 0.15) is 11.9 Å². The van der Waals surface area contributed by atoms with Gasteiger partial charge < -0.3 is 14.9 Å². The van der Waals surface area contributed by atoms with Crippen LogP contribution in [0.25, 0.3) is 0 Å².